The van der Waals surface area contributed by atoms with Crippen LogP contribution in [0.2, 0.25) is 5.02 Å². The smallest absolute Gasteiger partial charge is 0.234 e. The van der Waals surface area contributed by atoms with Crippen molar-refractivity contribution < 1.29 is 4.79 Å². The molecule has 1 aromatic carbocycles. The number of nitrogens with one attached hydrogen (secondary N) is 1. The molecule has 0 heterocycles. The third-order valence-electron chi connectivity index (χ3n) is 2.25. The van der Waals surface area contributed by atoms with Crippen LogP contribution in [0.25, 0.3) is 0 Å². The van der Waals surface area contributed by atoms with Gasteiger partial charge in [0.2, 0.25) is 5.91 Å². The number of carbonyl (C=O) groups excluding carboxylic acids is 1. The topological polar surface area (TPSA) is 55.1 Å². The van der Waals surface area contributed by atoms with Gasteiger partial charge in [0.05, 0.1) is 16.6 Å². The summed E-state index contributed by atoms with van der Waals surface area (Å²) in [5.41, 5.74) is 6.11. The normalized spacial score (nSPS) is 11.9. The first kappa shape index (κ1) is 14.4. The first-order chi connectivity index (χ1) is 7.95. The Balaban J connectivity index is 2.87. The molecular weight excluding hydrogens is 324 g/mol. The summed E-state index contributed by atoms with van der Waals surface area (Å²) in [5.74, 6) is -0.682. The monoisotopic (exact) mass is 334 g/mol. The largest absolute Gasteiger partial charge is 0.393 e. The predicted molar refractivity (Wildman–Crippen MR) is 78.3 cm³/mol. The molecule has 1 rings (SSSR count). The molecule has 0 aliphatic carbocycles. The van der Waals surface area contributed by atoms with Crippen molar-refractivity contribution in [3.63, 3.8) is 0 Å². The third-order valence-corrected chi connectivity index (χ3v) is 3.47. The summed E-state index contributed by atoms with van der Waals surface area (Å²) in [6.07, 6.45) is 0.569. The van der Waals surface area contributed by atoms with E-state index in [1.807, 2.05) is 6.92 Å². The van der Waals surface area contributed by atoms with Crippen LogP contribution in [0.3, 0.4) is 0 Å². The van der Waals surface area contributed by atoms with Gasteiger partial charge < -0.3 is 11.1 Å². The number of amides is 1. The van der Waals surface area contributed by atoms with Gasteiger partial charge in [-0.05, 0) is 40.5 Å². The van der Waals surface area contributed by atoms with Crippen LogP contribution in [0.5, 0.6) is 0 Å². The fourth-order valence-electron chi connectivity index (χ4n) is 1.33. The van der Waals surface area contributed by atoms with E-state index < -0.39 is 5.92 Å². The van der Waals surface area contributed by atoms with Crippen molar-refractivity contribution >= 4 is 56.3 Å². The molecule has 3 nitrogen and oxygen atoms in total. The van der Waals surface area contributed by atoms with E-state index in [0.29, 0.717) is 17.1 Å². The number of nitrogens with two attached hydrogens (primary N) is 1. The minimum atomic E-state index is -0.462. The number of halogens is 2. The van der Waals surface area contributed by atoms with Crippen molar-refractivity contribution in [1.29, 1.82) is 0 Å². The van der Waals surface area contributed by atoms with Gasteiger partial charge in [0.15, 0.2) is 0 Å². The average molecular weight is 336 g/mol. The van der Waals surface area contributed by atoms with Gasteiger partial charge in [0.1, 0.15) is 0 Å². The van der Waals surface area contributed by atoms with Crippen molar-refractivity contribution in [2.24, 2.45) is 11.7 Å². The van der Waals surface area contributed by atoms with E-state index in [-0.39, 0.29) is 10.9 Å². The Morgan fingerprint density at radius 3 is 2.82 bits per heavy atom. The molecule has 6 heteroatoms. The second-order valence-electron chi connectivity index (χ2n) is 3.48. The standard InChI is InChI=1S/C11H12BrClN2OS/c1-2-7(10(14)17)11(16)15-9-5-6(13)3-4-8(9)12/h3-5,7H,2H2,1H3,(H2,14,17)(H,15,16). The van der Waals surface area contributed by atoms with Gasteiger partial charge >= 0.3 is 0 Å². The molecule has 0 radical (unpaired) electrons. The van der Waals surface area contributed by atoms with Crippen LogP contribution in [-0.4, -0.2) is 10.9 Å². The van der Waals surface area contributed by atoms with Crippen molar-refractivity contribution in [2.75, 3.05) is 5.32 Å². The molecule has 0 bridgehead atoms. The van der Waals surface area contributed by atoms with Gasteiger partial charge in [-0.1, -0.05) is 30.7 Å². The highest BCUT2D eigenvalue weighted by atomic mass is 79.9. The van der Waals surface area contributed by atoms with E-state index in [4.69, 9.17) is 29.6 Å². The summed E-state index contributed by atoms with van der Waals surface area (Å²) >= 11 is 14.0. The highest BCUT2D eigenvalue weighted by Crippen LogP contribution is 2.26. The van der Waals surface area contributed by atoms with Gasteiger partial charge in [0.25, 0.3) is 0 Å². The van der Waals surface area contributed by atoms with Crippen LogP contribution in [-0.2, 0) is 4.79 Å². The predicted octanol–water partition coefficient (Wildman–Crippen LogP) is 3.35. The number of rotatable bonds is 4. The zero-order chi connectivity index (χ0) is 13.0. The lowest BCUT2D eigenvalue weighted by Gasteiger charge is -2.14. The molecule has 0 aliphatic rings. The average Bonchev–Trinajstić information content (AvgIpc) is 2.24. The Kier molecular flexibility index (Phi) is 5.36. The highest BCUT2D eigenvalue weighted by molar-refractivity contribution is 9.10. The number of carbonyl (C=O) groups is 1. The Morgan fingerprint density at radius 2 is 2.29 bits per heavy atom. The van der Waals surface area contributed by atoms with Gasteiger partial charge in [-0.3, -0.25) is 4.79 Å². The first-order valence-electron chi connectivity index (χ1n) is 5.01. The lowest BCUT2D eigenvalue weighted by Crippen LogP contribution is -2.32. The Morgan fingerprint density at radius 1 is 1.65 bits per heavy atom. The molecule has 1 amide bonds. The molecule has 17 heavy (non-hydrogen) atoms. The number of benzene rings is 1. The first-order valence-corrected chi connectivity index (χ1v) is 6.58. The van der Waals surface area contributed by atoms with Gasteiger partial charge in [-0.25, -0.2) is 0 Å². The second-order valence-corrected chi connectivity index (χ2v) is 5.24. The van der Waals surface area contributed by atoms with Gasteiger partial charge in [-0.15, -0.1) is 0 Å². The third kappa shape index (κ3) is 3.94. The molecule has 1 atom stereocenters. The van der Waals surface area contributed by atoms with Crippen LogP contribution < -0.4 is 11.1 Å². The summed E-state index contributed by atoms with van der Waals surface area (Å²) in [5, 5.41) is 3.29. The summed E-state index contributed by atoms with van der Waals surface area (Å²) in [7, 11) is 0. The Hall–Kier alpha value is -0.650. The van der Waals surface area contributed by atoms with E-state index in [1.54, 1.807) is 18.2 Å². The minimum Gasteiger partial charge on any atom is -0.393 e. The van der Waals surface area contributed by atoms with Crippen LogP contribution in [0.15, 0.2) is 22.7 Å². The van der Waals surface area contributed by atoms with E-state index in [2.05, 4.69) is 21.2 Å². The lowest BCUT2D eigenvalue weighted by molar-refractivity contribution is -0.118. The molecule has 3 N–H and O–H groups in total. The number of hydrogen-bond acceptors (Lipinski definition) is 2. The van der Waals surface area contributed by atoms with Crippen LogP contribution >= 0.6 is 39.7 Å². The fourth-order valence-corrected chi connectivity index (χ4v) is 2.12. The quantitative estimate of drug-likeness (QED) is 0.830. The van der Waals surface area contributed by atoms with Gasteiger partial charge in [-0.2, -0.15) is 0 Å². The maximum absolute atomic E-state index is 11.9. The maximum Gasteiger partial charge on any atom is 0.234 e. The van der Waals surface area contributed by atoms with E-state index in [0.717, 1.165) is 4.47 Å². The summed E-state index contributed by atoms with van der Waals surface area (Å²) < 4.78 is 0.757. The zero-order valence-corrected chi connectivity index (χ0v) is 12.3. The van der Waals surface area contributed by atoms with Crippen molar-refractivity contribution in [3.05, 3.63) is 27.7 Å². The van der Waals surface area contributed by atoms with Crippen LogP contribution in [0.4, 0.5) is 5.69 Å². The molecule has 0 fully saturated rings. The Labute approximate surface area is 119 Å². The van der Waals surface area contributed by atoms with Crippen molar-refractivity contribution in [3.8, 4) is 0 Å². The van der Waals surface area contributed by atoms with Crippen molar-refractivity contribution in [1.82, 2.24) is 0 Å². The molecule has 0 aromatic heterocycles. The maximum atomic E-state index is 11.9. The lowest BCUT2D eigenvalue weighted by atomic mass is 10.1. The summed E-state index contributed by atoms with van der Waals surface area (Å²) in [6.45, 7) is 1.86. The molecule has 0 saturated heterocycles. The minimum absolute atomic E-state index is 0.197. The van der Waals surface area contributed by atoms with Crippen LogP contribution in [0, 0.1) is 5.92 Å². The van der Waals surface area contributed by atoms with E-state index in [1.165, 1.54) is 0 Å². The highest BCUT2D eigenvalue weighted by Gasteiger charge is 2.19. The molecule has 1 aromatic rings. The molecule has 0 aliphatic heterocycles. The zero-order valence-electron chi connectivity index (χ0n) is 9.17. The second kappa shape index (κ2) is 6.33. The molecule has 0 spiro atoms. The fraction of sp³-hybridized carbons (Fsp3) is 0.273. The molecular formula is C11H12BrClN2OS. The number of thiocarbonyl (C=S) groups is 1. The SMILES string of the molecule is CCC(C(=O)Nc1cc(Cl)ccc1Br)C(N)=S. The number of hydrogen-bond donors (Lipinski definition) is 2. The Bertz CT molecular complexity index is 453. The van der Waals surface area contributed by atoms with Crippen molar-refractivity contribution in [2.45, 2.75) is 13.3 Å². The van der Waals surface area contributed by atoms with Gasteiger partial charge in [0, 0.05) is 9.50 Å². The van der Waals surface area contributed by atoms with E-state index >= 15 is 0 Å². The molecule has 92 valence electrons. The van der Waals surface area contributed by atoms with E-state index in [9.17, 15) is 4.79 Å². The summed E-state index contributed by atoms with van der Waals surface area (Å²) in [6, 6.07) is 5.15. The molecule has 1 unspecified atom stereocenters. The number of anilines is 1. The summed E-state index contributed by atoms with van der Waals surface area (Å²) in [4.78, 5) is 12.1. The molecule has 0 saturated carbocycles. The van der Waals surface area contributed by atoms with Crippen LogP contribution in [0.1, 0.15) is 13.3 Å².